The third-order valence-electron chi connectivity index (χ3n) is 2.75. The second-order valence-electron chi connectivity index (χ2n) is 4.68. The molecular weight excluding hydrogens is 296 g/mol. The van der Waals surface area contributed by atoms with Crippen LogP contribution in [0, 0.1) is 5.92 Å². The van der Waals surface area contributed by atoms with E-state index in [4.69, 9.17) is 17.3 Å². The van der Waals surface area contributed by atoms with Crippen molar-refractivity contribution in [1.29, 1.82) is 0 Å². The van der Waals surface area contributed by atoms with Crippen LogP contribution in [0.15, 0.2) is 24.3 Å². The van der Waals surface area contributed by atoms with Gasteiger partial charge in [-0.1, -0.05) is 48.9 Å². The Kier molecular flexibility index (Phi) is 4.69. The molecular formula is C13H15ClN4OS. The minimum atomic E-state index is -0.562. The zero-order chi connectivity index (χ0) is 14.7. The number of benzene rings is 1. The van der Waals surface area contributed by atoms with Crippen LogP contribution in [0.4, 0.5) is 5.13 Å². The summed E-state index contributed by atoms with van der Waals surface area (Å²) in [6.45, 7) is 3.78. The first-order valence-electron chi connectivity index (χ1n) is 6.13. The molecule has 0 saturated heterocycles. The quantitative estimate of drug-likeness (QED) is 0.910. The monoisotopic (exact) mass is 310 g/mol. The number of nitrogens with two attached hydrogens (primary N) is 1. The van der Waals surface area contributed by atoms with Crippen molar-refractivity contribution in [3.63, 3.8) is 0 Å². The number of carbonyl (C=O) groups is 1. The van der Waals surface area contributed by atoms with E-state index in [1.54, 1.807) is 12.1 Å². The van der Waals surface area contributed by atoms with E-state index in [1.807, 2.05) is 26.0 Å². The zero-order valence-corrected chi connectivity index (χ0v) is 12.7. The third-order valence-corrected chi connectivity index (χ3v) is 3.87. The molecule has 2 aromatic rings. The van der Waals surface area contributed by atoms with Crippen LogP contribution in [0.2, 0.25) is 5.02 Å². The molecule has 1 aromatic carbocycles. The van der Waals surface area contributed by atoms with Crippen molar-refractivity contribution in [3.8, 4) is 10.6 Å². The number of hydrogen-bond acceptors (Lipinski definition) is 5. The molecule has 0 saturated carbocycles. The predicted molar refractivity (Wildman–Crippen MR) is 81.8 cm³/mol. The van der Waals surface area contributed by atoms with E-state index < -0.39 is 6.04 Å². The largest absolute Gasteiger partial charge is 0.320 e. The Morgan fingerprint density at radius 1 is 1.40 bits per heavy atom. The summed E-state index contributed by atoms with van der Waals surface area (Å²) in [6, 6.07) is 6.75. The van der Waals surface area contributed by atoms with Gasteiger partial charge in [0.2, 0.25) is 11.0 Å². The lowest BCUT2D eigenvalue weighted by atomic mass is 10.1. The maximum absolute atomic E-state index is 11.8. The smallest absolute Gasteiger partial charge is 0.243 e. The van der Waals surface area contributed by atoms with E-state index in [9.17, 15) is 4.79 Å². The Bertz CT molecular complexity index is 614. The van der Waals surface area contributed by atoms with Crippen LogP contribution in [0.5, 0.6) is 0 Å². The fraction of sp³-hybridized carbons (Fsp3) is 0.308. The van der Waals surface area contributed by atoms with Gasteiger partial charge in [-0.05, 0) is 18.1 Å². The molecule has 1 amide bonds. The Morgan fingerprint density at radius 3 is 2.80 bits per heavy atom. The van der Waals surface area contributed by atoms with E-state index in [0.717, 1.165) is 5.56 Å². The number of nitrogens with one attached hydrogen (secondary N) is 1. The van der Waals surface area contributed by atoms with Crippen molar-refractivity contribution in [2.24, 2.45) is 11.7 Å². The number of hydrogen-bond donors (Lipinski definition) is 2. The molecule has 1 aromatic heterocycles. The van der Waals surface area contributed by atoms with Crippen LogP contribution < -0.4 is 11.1 Å². The summed E-state index contributed by atoms with van der Waals surface area (Å²) < 4.78 is 0. The van der Waals surface area contributed by atoms with Gasteiger partial charge in [-0.2, -0.15) is 0 Å². The lowest BCUT2D eigenvalue weighted by Gasteiger charge is -2.13. The Balaban J connectivity index is 2.12. The van der Waals surface area contributed by atoms with Gasteiger partial charge in [-0.15, -0.1) is 10.2 Å². The molecule has 0 aliphatic heterocycles. The minimum absolute atomic E-state index is 0.0651. The molecule has 3 N–H and O–H groups in total. The fourth-order valence-electron chi connectivity index (χ4n) is 1.50. The number of carbonyl (C=O) groups excluding carboxylic acids is 1. The highest BCUT2D eigenvalue weighted by molar-refractivity contribution is 7.18. The maximum Gasteiger partial charge on any atom is 0.243 e. The molecule has 0 aliphatic rings. The third kappa shape index (κ3) is 3.53. The molecule has 0 aliphatic carbocycles. The molecule has 106 valence electrons. The topological polar surface area (TPSA) is 80.9 Å². The summed E-state index contributed by atoms with van der Waals surface area (Å²) in [6.07, 6.45) is 0. The van der Waals surface area contributed by atoms with Gasteiger partial charge in [0.05, 0.1) is 6.04 Å². The number of halogens is 1. The molecule has 1 heterocycles. The van der Waals surface area contributed by atoms with Crippen LogP contribution in [0.1, 0.15) is 13.8 Å². The van der Waals surface area contributed by atoms with Crippen LogP contribution in [-0.4, -0.2) is 22.1 Å². The van der Waals surface area contributed by atoms with E-state index in [-0.39, 0.29) is 11.8 Å². The number of amides is 1. The normalized spacial score (nSPS) is 12.4. The molecule has 5 nitrogen and oxygen atoms in total. The van der Waals surface area contributed by atoms with Crippen LogP contribution >= 0.6 is 22.9 Å². The van der Waals surface area contributed by atoms with Gasteiger partial charge < -0.3 is 5.73 Å². The first kappa shape index (κ1) is 14.9. The maximum atomic E-state index is 11.8. The molecule has 2 rings (SSSR count). The highest BCUT2D eigenvalue weighted by Gasteiger charge is 2.19. The Labute approximate surface area is 126 Å². The van der Waals surface area contributed by atoms with Crippen molar-refractivity contribution < 1.29 is 4.79 Å². The van der Waals surface area contributed by atoms with Crippen molar-refractivity contribution >= 4 is 34.0 Å². The van der Waals surface area contributed by atoms with Gasteiger partial charge in [0.25, 0.3) is 0 Å². The predicted octanol–water partition coefficient (Wildman–Crippen LogP) is 2.78. The average molecular weight is 311 g/mol. The van der Waals surface area contributed by atoms with Gasteiger partial charge in [-0.25, -0.2) is 0 Å². The van der Waals surface area contributed by atoms with E-state index in [0.29, 0.717) is 15.2 Å². The first-order valence-corrected chi connectivity index (χ1v) is 7.32. The van der Waals surface area contributed by atoms with E-state index in [2.05, 4.69) is 15.5 Å². The second kappa shape index (κ2) is 6.30. The van der Waals surface area contributed by atoms with Gasteiger partial charge >= 0.3 is 0 Å². The molecule has 0 bridgehead atoms. The van der Waals surface area contributed by atoms with Crippen molar-refractivity contribution in [3.05, 3.63) is 29.3 Å². The second-order valence-corrected chi connectivity index (χ2v) is 6.10. The van der Waals surface area contributed by atoms with Gasteiger partial charge in [-0.3, -0.25) is 10.1 Å². The first-order chi connectivity index (χ1) is 9.47. The summed E-state index contributed by atoms with van der Waals surface area (Å²) in [4.78, 5) is 11.8. The summed E-state index contributed by atoms with van der Waals surface area (Å²) in [7, 11) is 0. The van der Waals surface area contributed by atoms with Gasteiger partial charge in [0.1, 0.15) is 5.01 Å². The molecule has 20 heavy (non-hydrogen) atoms. The molecule has 0 unspecified atom stereocenters. The highest BCUT2D eigenvalue weighted by Crippen LogP contribution is 2.28. The van der Waals surface area contributed by atoms with Crippen LogP contribution in [0.3, 0.4) is 0 Å². The van der Waals surface area contributed by atoms with Crippen LogP contribution in [-0.2, 0) is 4.79 Å². The number of aromatic nitrogens is 2. The highest BCUT2D eigenvalue weighted by atomic mass is 35.5. The standard InChI is InChI=1S/C13H15ClN4OS/c1-7(2)10(15)11(19)16-13-18-17-12(20-13)8-4-3-5-9(14)6-8/h3-7,10H,15H2,1-2H3,(H,16,18,19)/t10-/m0/s1. The Morgan fingerprint density at radius 2 is 2.15 bits per heavy atom. The Hall–Kier alpha value is -1.50. The van der Waals surface area contributed by atoms with Gasteiger partial charge in [0.15, 0.2) is 0 Å². The number of nitrogens with zero attached hydrogens (tertiary/aromatic N) is 2. The van der Waals surface area contributed by atoms with Gasteiger partial charge in [0, 0.05) is 10.6 Å². The van der Waals surface area contributed by atoms with E-state index >= 15 is 0 Å². The summed E-state index contributed by atoms with van der Waals surface area (Å²) in [5.74, 6) is -0.191. The van der Waals surface area contributed by atoms with Crippen molar-refractivity contribution in [2.45, 2.75) is 19.9 Å². The minimum Gasteiger partial charge on any atom is -0.320 e. The van der Waals surface area contributed by atoms with Crippen molar-refractivity contribution in [1.82, 2.24) is 10.2 Å². The summed E-state index contributed by atoms with van der Waals surface area (Å²) in [5, 5.41) is 12.4. The molecule has 1 atom stereocenters. The average Bonchev–Trinajstić information content (AvgIpc) is 2.86. The number of anilines is 1. The lowest BCUT2D eigenvalue weighted by Crippen LogP contribution is -2.39. The SMILES string of the molecule is CC(C)[C@H](N)C(=O)Nc1nnc(-c2cccc(Cl)c2)s1. The molecule has 0 fully saturated rings. The lowest BCUT2D eigenvalue weighted by molar-refractivity contribution is -0.118. The molecule has 0 spiro atoms. The molecule has 7 heteroatoms. The van der Waals surface area contributed by atoms with Crippen molar-refractivity contribution in [2.75, 3.05) is 5.32 Å². The molecule has 0 radical (unpaired) electrons. The van der Waals surface area contributed by atoms with Crippen LogP contribution in [0.25, 0.3) is 10.6 Å². The number of rotatable bonds is 4. The van der Waals surface area contributed by atoms with E-state index in [1.165, 1.54) is 11.3 Å². The zero-order valence-electron chi connectivity index (χ0n) is 11.1. The fourth-order valence-corrected chi connectivity index (χ4v) is 2.44. The summed E-state index contributed by atoms with van der Waals surface area (Å²) in [5.41, 5.74) is 6.64. The summed E-state index contributed by atoms with van der Waals surface area (Å²) >= 11 is 7.22.